The maximum absolute atomic E-state index is 13.1. The van der Waals surface area contributed by atoms with Crippen LogP contribution in [0.1, 0.15) is 79.5 Å². The Morgan fingerprint density at radius 2 is 1.69 bits per heavy atom. The monoisotopic (exact) mass is 508 g/mol. The summed E-state index contributed by atoms with van der Waals surface area (Å²) < 4.78 is 28.7. The quantitative estimate of drug-likeness (QED) is 0.248. The van der Waals surface area contributed by atoms with E-state index in [0.717, 1.165) is 5.56 Å². The van der Waals surface area contributed by atoms with Crippen LogP contribution in [0.4, 0.5) is 9.18 Å². The van der Waals surface area contributed by atoms with Crippen LogP contribution in [-0.2, 0) is 36.6 Å². The number of aromatic nitrogens is 1. The van der Waals surface area contributed by atoms with E-state index in [2.05, 4.69) is 10.3 Å². The molecule has 1 N–H and O–H groups in total. The summed E-state index contributed by atoms with van der Waals surface area (Å²) in [7, 11) is 0. The summed E-state index contributed by atoms with van der Waals surface area (Å²) in [6.45, 7) is 13.3. The second-order valence-corrected chi connectivity index (χ2v) is 10.6. The van der Waals surface area contributed by atoms with Gasteiger partial charge >= 0.3 is 18.0 Å². The van der Waals surface area contributed by atoms with Gasteiger partial charge in [-0.2, -0.15) is 0 Å². The number of hydrogen-bond acceptors (Lipinski definition) is 7. The lowest BCUT2D eigenvalue weighted by Crippen LogP contribution is -2.46. The largest absolute Gasteiger partial charge is 0.460 e. The molecule has 0 spiro atoms. The molecule has 36 heavy (non-hydrogen) atoms. The smallest absolute Gasteiger partial charge is 0.408 e. The minimum Gasteiger partial charge on any atom is -0.460 e. The van der Waals surface area contributed by atoms with Crippen molar-refractivity contribution in [2.75, 3.05) is 6.67 Å². The van der Waals surface area contributed by atoms with Gasteiger partial charge in [0.05, 0.1) is 12.6 Å². The molecule has 2 atom stereocenters. The lowest BCUT2D eigenvalue weighted by Gasteiger charge is -2.27. The van der Waals surface area contributed by atoms with Crippen molar-refractivity contribution in [2.45, 2.75) is 98.3 Å². The standard InChI is InChI=1S/C27H41FN2O6/c1-9-18(2)34-24(32)22(30-25(33)36-27(6,7)8)16-20(23(31)35-26(3,4)5)15-21-13-12-19(17-29-21)11-10-14-28/h9,12-13,17,20,22H,10-11,14-16H2,1-8H3,(H,30,33)/b18-9+/t20-,22-/m0/s1. The third-order valence-corrected chi connectivity index (χ3v) is 4.84. The van der Waals surface area contributed by atoms with Crippen molar-refractivity contribution in [3.05, 3.63) is 41.4 Å². The number of alkyl carbamates (subject to hydrolysis) is 1. The van der Waals surface area contributed by atoms with Gasteiger partial charge in [-0.3, -0.25) is 14.2 Å². The second kappa shape index (κ2) is 13.9. The fraction of sp³-hybridized carbons (Fsp3) is 0.630. The van der Waals surface area contributed by atoms with Crippen LogP contribution in [0.3, 0.4) is 0 Å². The van der Waals surface area contributed by atoms with Crippen LogP contribution >= 0.6 is 0 Å². The Morgan fingerprint density at radius 3 is 2.19 bits per heavy atom. The number of carbonyl (C=O) groups is 3. The molecule has 9 heteroatoms. The number of esters is 2. The highest BCUT2D eigenvalue weighted by Gasteiger charge is 2.34. The number of amides is 1. The zero-order chi connectivity index (χ0) is 27.5. The van der Waals surface area contributed by atoms with Crippen LogP contribution in [0.15, 0.2) is 30.2 Å². The number of halogens is 1. The van der Waals surface area contributed by atoms with Gasteiger partial charge in [-0.25, -0.2) is 9.59 Å². The number of nitrogens with zero attached hydrogens (tertiary/aromatic N) is 1. The van der Waals surface area contributed by atoms with E-state index in [4.69, 9.17) is 14.2 Å². The van der Waals surface area contributed by atoms with E-state index < -0.39 is 47.9 Å². The molecular weight excluding hydrogens is 467 g/mol. The first-order chi connectivity index (χ1) is 16.6. The Bertz CT molecular complexity index is 900. The Kier molecular flexibility index (Phi) is 12.0. The highest BCUT2D eigenvalue weighted by Crippen LogP contribution is 2.21. The normalized spacial score (nSPS) is 14.0. The SMILES string of the molecule is C/C=C(\C)OC(=O)[C@H](C[C@H](Cc1ccc(CCCF)cn1)C(=O)OC(C)(C)C)NC(=O)OC(C)(C)C. The van der Waals surface area contributed by atoms with Crippen LogP contribution < -0.4 is 5.32 Å². The summed E-state index contributed by atoms with van der Waals surface area (Å²) in [4.78, 5) is 42.9. The molecule has 0 radical (unpaired) electrons. The van der Waals surface area contributed by atoms with E-state index in [-0.39, 0.29) is 12.8 Å². The fourth-order valence-electron chi connectivity index (χ4n) is 3.13. The Labute approximate surface area is 214 Å². The Balaban J connectivity index is 3.21. The predicted molar refractivity (Wildman–Crippen MR) is 135 cm³/mol. The van der Waals surface area contributed by atoms with Crippen LogP contribution in [-0.4, -0.2) is 46.9 Å². The van der Waals surface area contributed by atoms with E-state index in [1.165, 1.54) is 0 Å². The fourth-order valence-corrected chi connectivity index (χ4v) is 3.13. The van der Waals surface area contributed by atoms with Crippen molar-refractivity contribution in [3.63, 3.8) is 0 Å². The van der Waals surface area contributed by atoms with E-state index in [0.29, 0.717) is 24.3 Å². The van der Waals surface area contributed by atoms with Gasteiger partial charge in [0.25, 0.3) is 0 Å². The summed E-state index contributed by atoms with van der Waals surface area (Å²) in [6.07, 6.45) is 3.51. The van der Waals surface area contributed by atoms with Gasteiger partial charge in [-0.15, -0.1) is 0 Å². The molecule has 0 aromatic carbocycles. The third-order valence-electron chi connectivity index (χ3n) is 4.84. The molecule has 0 unspecified atom stereocenters. The van der Waals surface area contributed by atoms with E-state index in [9.17, 15) is 18.8 Å². The molecule has 1 aromatic rings. The zero-order valence-electron chi connectivity index (χ0n) is 22.8. The highest BCUT2D eigenvalue weighted by atomic mass is 19.1. The van der Waals surface area contributed by atoms with Crippen LogP contribution in [0, 0.1) is 5.92 Å². The molecule has 0 saturated heterocycles. The van der Waals surface area contributed by atoms with Crippen molar-refractivity contribution >= 4 is 18.0 Å². The summed E-state index contributed by atoms with van der Waals surface area (Å²) in [6, 6.07) is 2.43. The molecule has 1 aromatic heterocycles. The third kappa shape index (κ3) is 12.7. The van der Waals surface area contributed by atoms with E-state index in [1.807, 2.05) is 6.07 Å². The van der Waals surface area contributed by atoms with Gasteiger partial charge in [0.15, 0.2) is 0 Å². The molecule has 1 heterocycles. The molecule has 0 aliphatic carbocycles. The summed E-state index contributed by atoms with van der Waals surface area (Å²) in [5.74, 6) is -1.71. The van der Waals surface area contributed by atoms with Crippen molar-refractivity contribution in [1.82, 2.24) is 10.3 Å². The summed E-state index contributed by atoms with van der Waals surface area (Å²) >= 11 is 0. The number of pyridine rings is 1. The first kappa shape index (κ1) is 31.1. The lowest BCUT2D eigenvalue weighted by molar-refractivity contribution is -0.160. The summed E-state index contributed by atoms with van der Waals surface area (Å²) in [5, 5.41) is 2.54. The lowest BCUT2D eigenvalue weighted by atomic mass is 9.94. The van der Waals surface area contributed by atoms with Crippen LogP contribution in [0.5, 0.6) is 0 Å². The van der Waals surface area contributed by atoms with Crippen molar-refractivity contribution in [3.8, 4) is 0 Å². The molecular formula is C27H41FN2O6. The molecule has 1 rings (SSSR count). The number of alkyl halides is 1. The van der Waals surface area contributed by atoms with Crippen molar-refractivity contribution in [2.24, 2.45) is 5.92 Å². The second-order valence-electron chi connectivity index (χ2n) is 10.6. The van der Waals surface area contributed by atoms with Gasteiger partial charge in [-0.05, 0) is 92.4 Å². The molecule has 0 saturated carbocycles. The minimum atomic E-state index is -1.17. The van der Waals surface area contributed by atoms with Crippen molar-refractivity contribution in [1.29, 1.82) is 0 Å². The number of aryl methyl sites for hydroxylation is 1. The maximum Gasteiger partial charge on any atom is 0.408 e. The number of rotatable bonds is 11. The number of nitrogens with one attached hydrogen (secondary N) is 1. The van der Waals surface area contributed by atoms with Gasteiger partial charge in [0, 0.05) is 18.3 Å². The average Bonchev–Trinajstić information content (AvgIpc) is 2.74. The number of allylic oxidation sites excluding steroid dienone is 2. The van der Waals surface area contributed by atoms with Gasteiger partial charge in [-0.1, -0.05) is 6.07 Å². The molecule has 1 amide bonds. The first-order valence-corrected chi connectivity index (χ1v) is 12.2. The molecule has 0 fully saturated rings. The van der Waals surface area contributed by atoms with Gasteiger partial charge < -0.3 is 19.5 Å². The average molecular weight is 509 g/mol. The first-order valence-electron chi connectivity index (χ1n) is 12.2. The predicted octanol–water partition coefficient (Wildman–Crippen LogP) is 5.23. The topological polar surface area (TPSA) is 104 Å². The highest BCUT2D eigenvalue weighted by molar-refractivity contribution is 5.83. The summed E-state index contributed by atoms with van der Waals surface area (Å²) in [5.41, 5.74) is -0.0466. The van der Waals surface area contributed by atoms with Gasteiger partial charge in [0.1, 0.15) is 23.0 Å². The maximum atomic E-state index is 13.1. The van der Waals surface area contributed by atoms with E-state index in [1.54, 1.807) is 73.7 Å². The molecule has 0 aliphatic rings. The zero-order valence-corrected chi connectivity index (χ0v) is 22.8. The number of carbonyl (C=O) groups excluding carboxylic acids is 3. The van der Waals surface area contributed by atoms with Crippen LogP contribution in [0.2, 0.25) is 0 Å². The van der Waals surface area contributed by atoms with Crippen molar-refractivity contribution < 1.29 is 33.0 Å². The Morgan fingerprint density at radius 1 is 1.06 bits per heavy atom. The number of hydrogen-bond donors (Lipinski definition) is 1. The molecule has 8 nitrogen and oxygen atoms in total. The van der Waals surface area contributed by atoms with Crippen LogP contribution in [0.25, 0.3) is 0 Å². The van der Waals surface area contributed by atoms with E-state index >= 15 is 0 Å². The Hall–Kier alpha value is -2.97. The molecule has 0 aliphatic heterocycles. The van der Waals surface area contributed by atoms with Gasteiger partial charge in [0.2, 0.25) is 0 Å². The number of ether oxygens (including phenoxy) is 3. The minimum absolute atomic E-state index is 0.0880. The molecule has 202 valence electrons. The molecule has 0 bridgehead atoms.